The first kappa shape index (κ1) is 12.5. The second kappa shape index (κ2) is 4.56. The SMILES string of the molecule is CCOC(=O)c1nn(C)c2c1COc1ccc(O)cc1-2. The summed E-state index contributed by atoms with van der Waals surface area (Å²) in [6.45, 7) is 2.30. The van der Waals surface area contributed by atoms with Gasteiger partial charge in [-0.3, -0.25) is 4.68 Å². The second-order valence-corrected chi connectivity index (χ2v) is 4.49. The van der Waals surface area contributed by atoms with Crippen LogP contribution in [-0.4, -0.2) is 27.5 Å². The van der Waals surface area contributed by atoms with Gasteiger partial charge in [-0.25, -0.2) is 4.79 Å². The molecule has 2 heterocycles. The first-order valence-electron chi connectivity index (χ1n) is 6.31. The first-order chi connectivity index (χ1) is 9.61. The van der Waals surface area contributed by atoms with E-state index in [-0.39, 0.29) is 18.1 Å². The van der Waals surface area contributed by atoms with Crippen LogP contribution in [-0.2, 0) is 18.4 Å². The number of aromatic hydroxyl groups is 1. The molecule has 0 unspecified atom stereocenters. The molecule has 0 spiro atoms. The number of ether oxygens (including phenoxy) is 2. The normalized spacial score (nSPS) is 12.3. The molecular weight excluding hydrogens is 260 g/mol. The molecule has 104 valence electrons. The number of phenols is 1. The van der Waals surface area contributed by atoms with Gasteiger partial charge in [-0.1, -0.05) is 0 Å². The van der Waals surface area contributed by atoms with Crippen LogP contribution < -0.4 is 4.74 Å². The summed E-state index contributed by atoms with van der Waals surface area (Å²) in [4.78, 5) is 11.9. The molecule has 0 saturated carbocycles. The Morgan fingerprint density at radius 1 is 1.55 bits per heavy atom. The number of benzene rings is 1. The number of esters is 1. The number of hydrogen-bond acceptors (Lipinski definition) is 5. The standard InChI is InChI=1S/C14H14N2O4/c1-3-19-14(18)12-10-7-20-11-5-4-8(17)6-9(11)13(10)16(2)15-12/h4-6,17H,3,7H2,1-2H3. The highest BCUT2D eigenvalue weighted by Crippen LogP contribution is 2.40. The average Bonchev–Trinajstić information content (AvgIpc) is 2.77. The maximum atomic E-state index is 11.9. The number of carbonyl (C=O) groups is 1. The molecule has 1 N–H and O–H groups in total. The second-order valence-electron chi connectivity index (χ2n) is 4.49. The number of nitrogens with zero attached hydrogens (tertiary/aromatic N) is 2. The molecule has 1 aromatic heterocycles. The van der Waals surface area contributed by atoms with Crippen molar-refractivity contribution in [3.8, 4) is 22.8 Å². The van der Waals surface area contributed by atoms with Crippen molar-refractivity contribution >= 4 is 5.97 Å². The minimum absolute atomic E-state index is 0.138. The van der Waals surface area contributed by atoms with Crippen molar-refractivity contribution in [2.24, 2.45) is 7.05 Å². The molecule has 6 heteroatoms. The molecule has 20 heavy (non-hydrogen) atoms. The van der Waals surface area contributed by atoms with Crippen LogP contribution in [0, 0.1) is 0 Å². The third kappa shape index (κ3) is 1.80. The summed E-state index contributed by atoms with van der Waals surface area (Å²) < 4.78 is 12.2. The number of hydrogen-bond donors (Lipinski definition) is 1. The molecule has 0 amide bonds. The average molecular weight is 274 g/mol. The van der Waals surface area contributed by atoms with Gasteiger partial charge in [0.1, 0.15) is 18.1 Å². The molecule has 1 aromatic carbocycles. The summed E-state index contributed by atoms with van der Waals surface area (Å²) in [5, 5.41) is 13.8. The van der Waals surface area contributed by atoms with Gasteiger partial charge in [0.05, 0.1) is 17.9 Å². The highest BCUT2D eigenvalue weighted by atomic mass is 16.5. The fraction of sp³-hybridized carbons (Fsp3) is 0.286. The van der Waals surface area contributed by atoms with E-state index in [0.29, 0.717) is 17.9 Å². The molecule has 6 nitrogen and oxygen atoms in total. The predicted octanol–water partition coefficient (Wildman–Crippen LogP) is 1.86. The summed E-state index contributed by atoms with van der Waals surface area (Å²) in [5.41, 5.74) is 2.43. The Morgan fingerprint density at radius 2 is 2.35 bits per heavy atom. The van der Waals surface area contributed by atoms with E-state index < -0.39 is 5.97 Å². The lowest BCUT2D eigenvalue weighted by Gasteiger charge is -2.18. The molecule has 0 radical (unpaired) electrons. The number of aryl methyl sites for hydroxylation is 1. The van der Waals surface area contributed by atoms with Crippen LogP contribution in [0.3, 0.4) is 0 Å². The van der Waals surface area contributed by atoms with Crippen LogP contribution in [0.25, 0.3) is 11.3 Å². The smallest absolute Gasteiger partial charge is 0.359 e. The van der Waals surface area contributed by atoms with E-state index in [1.54, 1.807) is 36.9 Å². The third-order valence-electron chi connectivity index (χ3n) is 3.20. The Bertz CT molecular complexity index is 691. The van der Waals surface area contributed by atoms with Gasteiger partial charge in [0.15, 0.2) is 5.69 Å². The lowest BCUT2D eigenvalue weighted by molar-refractivity contribution is 0.0515. The summed E-state index contributed by atoms with van der Waals surface area (Å²) in [6, 6.07) is 4.86. The van der Waals surface area contributed by atoms with E-state index in [9.17, 15) is 9.90 Å². The van der Waals surface area contributed by atoms with Crippen LogP contribution in [0.1, 0.15) is 23.0 Å². The van der Waals surface area contributed by atoms with E-state index in [2.05, 4.69) is 5.10 Å². The molecule has 2 aromatic rings. The minimum atomic E-state index is -0.462. The van der Waals surface area contributed by atoms with Gasteiger partial charge in [-0.05, 0) is 25.1 Å². The van der Waals surface area contributed by atoms with Crippen molar-refractivity contribution in [3.05, 3.63) is 29.5 Å². The lowest BCUT2D eigenvalue weighted by atomic mass is 10.0. The maximum Gasteiger partial charge on any atom is 0.359 e. The highest BCUT2D eigenvalue weighted by Gasteiger charge is 2.29. The quantitative estimate of drug-likeness (QED) is 0.846. The topological polar surface area (TPSA) is 73.6 Å². The zero-order valence-electron chi connectivity index (χ0n) is 11.2. The van der Waals surface area contributed by atoms with E-state index in [4.69, 9.17) is 9.47 Å². The lowest BCUT2D eigenvalue weighted by Crippen LogP contribution is -2.11. The number of rotatable bonds is 2. The Hall–Kier alpha value is -2.50. The van der Waals surface area contributed by atoms with Gasteiger partial charge in [-0.2, -0.15) is 5.10 Å². The summed E-state index contributed by atoms with van der Waals surface area (Å²) >= 11 is 0. The van der Waals surface area contributed by atoms with E-state index in [1.165, 1.54) is 0 Å². The monoisotopic (exact) mass is 274 g/mol. The van der Waals surface area contributed by atoms with Gasteiger partial charge in [0.25, 0.3) is 0 Å². The van der Waals surface area contributed by atoms with Crippen molar-refractivity contribution < 1.29 is 19.4 Å². The molecular formula is C14H14N2O4. The molecule has 0 aliphatic carbocycles. The van der Waals surface area contributed by atoms with Crippen LogP contribution in [0.4, 0.5) is 0 Å². The fourth-order valence-electron chi connectivity index (χ4n) is 2.38. The van der Waals surface area contributed by atoms with Gasteiger partial charge in [0, 0.05) is 12.6 Å². The third-order valence-corrected chi connectivity index (χ3v) is 3.20. The largest absolute Gasteiger partial charge is 0.508 e. The van der Waals surface area contributed by atoms with Gasteiger partial charge in [0.2, 0.25) is 0 Å². The Balaban J connectivity index is 2.16. The van der Waals surface area contributed by atoms with Crippen molar-refractivity contribution in [2.75, 3.05) is 6.61 Å². The summed E-state index contributed by atoms with van der Waals surface area (Å²) in [6.07, 6.45) is 0. The minimum Gasteiger partial charge on any atom is -0.508 e. The Morgan fingerprint density at radius 3 is 3.10 bits per heavy atom. The molecule has 3 rings (SSSR count). The maximum absolute atomic E-state index is 11.9. The molecule has 0 bridgehead atoms. The van der Waals surface area contributed by atoms with Crippen molar-refractivity contribution in [1.82, 2.24) is 9.78 Å². The number of fused-ring (bicyclic) bond motifs is 3. The molecule has 1 aliphatic heterocycles. The Labute approximate surface area is 115 Å². The van der Waals surface area contributed by atoms with Gasteiger partial charge < -0.3 is 14.6 Å². The van der Waals surface area contributed by atoms with Crippen LogP contribution in [0.2, 0.25) is 0 Å². The van der Waals surface area contributed by atoms with Crippen molar-refractivity contribution in [2.45, 2.75) is 13.5 Å². The molecule has 0 saturated heterocycles. The number of carbonyl (C=O) groups excluding carboxylic acids is 1. The Kier molecular flexibility index (Phi) is 2.85. The van der Waals surface area contributed by atoms with Crippen molar-refractivity contribution in [1.29, 1.82) is 0 Å². The number of phenolic OH excluding ortho intramolecular Hbond substituents is 1. The fourth-order valence-corrected chi connectivity index (χ4v) is 2.38. The molecule has 1 aliphatic rings. The zero-order chi connectivity index (χ0) is 14.3. The van der Waals surface area contributed by atoms with Crippen molar-refractivity contribution in [3.63, 3.8) is 0 Å². The van der Waals surface area contributed by atoms with Crippen LogP contribution >= 0.6 is 0 Å². The van der Waals surface area contributed by atoms with E-state index >= 15 is 0 Å². The number of aromatic nitrogens is 2. The van der Waals surface area contributed by atoms with Gasteiger partial charge >= 0.3 is 5.97 Å². The van der Waals surface area contributed by atoms with E-state index in [1.807, 2.05) is 0 Å². The highest BCUT2D eigenvalue weighted by molar-refractivity contribution is 5.92. The van der Waals surface area contributed by atoms with Gasteiger partial charge in [-0.15, -0.1) is 0 Å². The molecule has 0 fully saturated rings. The first-order valence-corrected chi connectivity index (χ1v) is 6.31. The zero-order valence-corrected chi connectivity index (χ0v) is 11.2. The summed E-state index contributed by atoms with van der Waals surface area (Å²) in [5.74, 6) is 0.337. The predicted molar refractivity (Wildman–Crippen MR) is 70.6 cm³/mol. The summed E-state index contributed by atoms with van der Waals surface area (Å²) in [7, 11) is 1.75. The molecule has 0 atom stereocenters. The van der Waals surface area contributed by atoms with E-state index in [0.717, 1.165) is 11.3 Å². The van der Waals surface area contributed by atoms with Crippen LogP contribution in [0.15, 0.2) is 18.2 Å². The van der Waals surface area contributed by atoms with Crippen LogP contribution in [0.5, 0.6) is 11.5 Å².